The number of aryl methyl sites for hydroxylation is 2. The number of carbonyl (C=O) groups is 1. The first-order valence-corrected chi connectivity index (χ1v) is 6.24. The Balaban J connectivity index is 2.98. The van der Waals surface area contributed by atoms with Gasteiger partial charge >= 0.3 is 5.97 Å². The highest BCUT2D eigenvalue weighted by atomic mass is 16.5. The number of ether oxygens (including phenoxy) is 1. The lowest BCUT2D eigenvalue weighted by molar-refractivity contribution is 0.0524. The largest absolute Gasteiger partial charge is 0.462 e. The molecule has 0 radical (unpaired) electrons. The summed E-state index contributed by atoms with van der Waals surface area (Å²) in [5.41, 5.74) is 1.32. The van der Waals surface area contributed by atoms with Crippen LogP contribution < -0.4 is 0 Å². The Morgan fingerprint density at radius 1 is 1.24 bits per heavy atom. The van der Waals surface area contributed by atoms with E-state index < -0.39 is 0 Å². The Morgan fingerprint density at radius 2 is 1.94 bits per heavy atom. The second-order valence-corrected chi connectivity index (χ2v) is 3.87. The molecule has 4 heteroatoms. The van der Waals surface area contributed by atoms with Crippen LogP contribution in [0.5, 0.6) is 0 Å². The van der Waals surface area contributed by atoms with Gasteiger partial charge in [-0.3, -0.25) is 0 Å². The first-order valence-electron chi connectivity index (χ1n) is 6.24. The first kappa shape index (κ1) is 13.6. The molecule has 0 aliphatic heterocycles. The summed E-state index contributed by atoms with van der Waals surface area (Å²) in [5.74, 6) is 0.489. The van der Waals surface area contributed by atoms with Gasteiger partial charge < -0.3 is 4.74 Å². The highest BCUT2D eigenvalue weighted by Crippen LogP contribution is 2.10. The van der Waals surface area contributed by atoms with Crippen LogP contribution >= 0.6 is 0 Å². The molecule has 0 spiro atoms. The third-order valence-corrected chi connectivity index (χ3v) is 2.37. The van der Waals surface area contributed by atoms with Gasteiger partial charge in [0.25, 0.3) is 0 Å². The minimum absolute atomic E-state index is 0.320. The third-order valence-electron chi connectivity index (χ3n) is 2.37. The Labute approximate surface area is 102 Å². The molecule has 94 valence electrons. The minimum atomic E-state index is -0.320. The van der Waals surface area contributed by atoms with Crippen LogP contribution in [0.25, 0.3) is 0 Å². The quantitative estimate of drug-likeness (QED) is 0.712. The summed E-state index contributed by atoms with van der Waals surface area (Å²) in [6, 6.07) is 0. The van der Waals surface area contributed by atoms with Crippen molar-refractivity contribution in [1.29, 1.82) is 0 Å². The smallest absolute Gasteiger partial charge is 0.341 e. The van der Waals surface area contributed by atoms with E-state index in [9.17, 15) is 4.79 Å². The van der Waals surface area contributed by atoms with Gasteiger partial charge in [0.2, 0.25) is 0 Å². The zero-order valence-corrected chi connectivity index (χ0v) is 10.8. The van der Waals surface area contributed by atoms with Crippen molar-refractivity contribution in [2.45, 2.75) is 46.5 Å². The van der Waals surface area contributed by atoms with E-state index in [1.54, 1.807) is 13.1 Å². The van der Waals surface area contributed by atoms with Gasteiger partial charge in [-0.2, -0.15) is 0 Å². The monoisotopic (exact) mass is 236 g/mol. The lowest BCUT2D eigenvalue weighted by Gasteiger charge is -2.08. The highest BCUT2D eigenvalue weighted by Gasteiger charge is 2.14. The van der Waals surface area contributed by atoms with E-state index in [1.807, 2.05) is 0 Å². The average molecular weight is 236 g/mol. The molecule has 4 nitrogen and oxygen atoms in total. The fourth-order valence-corrected chi connectivity index (χ4v) is 1.61. The molecule has 1 aromatic rings. The van der Waals surface area contributed by atoms with Crippen molar-refractivity contribution >= 4 is 5.97 Å². The Morgan fingerprint density at radius 3 is 2.53 bits per heavy atom. The number of rotatable bonds is 6. The van der Waals surface area contributed by atoms with Crippen LogP contribution in [0.3, 0.4) is 0 Å². The van der Waals surface area contributed by atoms with Crippen LogP contribution in [-0.4, -0.2) is 22.5 Å². The van der Waals surface area contributed by atoms with Gasteiger partial charge in [0.05, 0.1) is 17.9 Å². The van der Waals surface area contributed by atoms with Crippen molar-refractivity contribution in [2.75, 3.05) is 6.61 Å². The number of hydrogen-bond acceptors (Lipinski definition) is 4. The van der Waals surface area contributed by atoms with Crippen molar-refractivity contribution in [3.05, 3.63) is 23.3 Å². The number of nitrogens with zero attached hydrogens (tertiary/aromatic N) is 2. The van der Waals surface area contributed by atoms with Gasteiger partial charge in [-0.05, 0) is 19.8 Å². The van der Waals surface area contributed by atoms with Gasteiger partial charge in [0, 0.05) is 12.6 Å². The number of hydrogen-bond donors (Lipinski definition) is 0. The maximum absolute atomic E-state index is 11.7. The van der Waals surface area contributed by atoms with Crippen LogP contribution in [0.1, 0.15) is 55.5 Å². The molecule has 0 aliphatic rings. The van der Waals surface area contributed by atoms with Gasteiger partial charge in [-0.15, -0.1) is 0 Å². The molecule has 0 fully saturated rings. The second kappa shape index (κ2) is 6.99. The summed E-state index contributed by atoms with van der Waals surface area (Å²) in [6.45, 7) is 6.32. The molecule has 0 saturated heterocycles. The standard InChI is InChI=1S/C13H20N2O2/c1-4-7-11-10(13(16)17-6-3)9-14-12(15-11)8-5-2/h9H,4-8H2,1-3H3. The maximum atomic E-state index is 11.7. The van der Waals surface area contributed by atoms with Crippen LogP contribution in [0, 0.1) is 0 Å². The van der Waals surface area contributed by atoms with E-state index in [2.05, 4.69) is 23.8 Å². The van der Waals surface area contributed by atoms with Gasteiger partial charge in [0.1, 0.15) is 5.82 Å². The molecule has 0 aliphatic carbocycles. The SMILES string of the molecule is CCCc1ncc(C(=O)OCC)c(CCC)n1. The number of esters is 1. The summed E-state index contributed by atoms with van der Waals surface area (Å²) in [6.07, 6.45) is 5.19. The predicted molar refractivity (Wildman–Crippen MR) is 66.0 cm³/mol. The molecule has 1 aromatic heterocycles. The van der Waals surface area contributed by atoms with Crippen molar-refractivity contribution < 1.29 is 9.53 Å². The zero-order valence-electron chi connectivity index (χ0n) is 10.8. The van der Waals surface area contributed by atoms with E-state index in [-0.39, 0.29) is 5.97 Å². The molecule has 0 amide bonds. The van der Waals surface area contributed by atoms with E-state index in [4.69, 9.17) is 4.74 Å². The number of aromatic nitrogens is 2. The summed E-state index contributed by atoms with van der Waals surface area (Å²) < 4.78 is 5.00. The van der Waals surface area contributed by atoms with Crippen molar-refractivity contribution in [1.82, 2.24) is 9.97 Å². The molecule has 0 saturated carbocycles. The van der Waals surface area contributed by atoms with Crippen LogP contribution in [-0.2, 0) is 17.6 Å². The minimum Gasteiger partial charge on any atom is -0.462 e. The summed E-state index contributed by atoms with van der Waals surface area (Å²) in [5, 5.41) is 0. The first-order chi connectivity index (χ1) is 8.22. The van der Waals surface area contributed by atoms with Gasteiger partial charge in [-0.1, -0.05) is 20.3 Å². The summed E-state index contributed by atoms with van der Waals surface area (Å²) >= 11 is 0. The lowest BCUT2D eigenvalue weighted by Crippen LogP contribution is -2.12. The molecular weight excluding hydrogens is 216 g/mol. The summed E-state index contributed by atoms with van der Waals surface area (Å²) in [7, 11) is 0. The average Bonchev–Trinajstić information content (AvgIpc) is 2.30. The molecular formula is C13H20N2O2. The van der Waals surface area contributed by atoms with Crippen molar-refractivity contribution in [3.8, 4) is 0 Å². The molecule has 0 aromatic carbocycles. The Bertz CT molecular complexity index is 378. The molecule has 17 heavy (non-hydrogen) atoms. The van der Waals surface area contributed by atoms with E-state index in [0.29, 0.717) is 12.2 Å². The van der Waals surface area contributed by atoms with Crippen LogP contribution in [0.15, 0.2) is 6.20 Å². The number of carbonyl (C=O) groups excluding carboxylic acids is 1. The Kier molecular flexibility index (Phi) is 5.60. The fourth-order valence-electron chi connectivity index (χ4n) is 1.61. The predicted octanol–water partition coefficient (Wildman–Crippen LogP) is 2.56. The third kappa shape index (κ3) is 3.80. The second-order valence-electron chi connectivity index (χ2n) is 3.87. The van der Waals surface area contributed by atoms with Crippen LogP contribution in [0.4, 0.5) is 0 Å². The van der Waals surface area contributed by atoms with E-state index >= 15 is 0 Å². The molecule has 1 heterocycles. The summed E-state index contributed by atoms with van der Waals surface area (Å²) in [4.78, 5) is 20.4. The normalized spacial score (nSPS) is 10.3. The van der Waals surface area contributed by atoms with Crippen molar-refractivity contribution in [2.24, 2.45) is 0 Å². The van der Waals surface area contributed by atoms with Crippen LogP contribution in [0.2, 0.25) is 0 Å². The van der Waals surface area contributed by atoms with Crippen molar-refractivity contribution in [3.63, 3.8) is 0 Å². The molecule has 0 bridgehead atoms. The molecule has 0 unspecified atom stereocenters. The fraction of sp³-hybridized carbons (Fsp3) is 0.615. The maximum Gasteiger partial charge on any atom is 0.341 e. The molecule has 0 N–H and O–H groups in total. The zero-order chi connectivity index (χ0) is 12.7. The van der Waals surface area contributed by atoms with Gasteiger partial charge in [-0.25, -0.2) is 14.8 Å². The van der Waals surface area contributed by atoms with E-state index in [1.165, 1.54) is 0 Å². The van der Waals surface area contributed by atoms with E-state index in [0.717, 1.165) is 37.2 Å². The lowest BCUT2D eigenvalue weighted by atomic mass is 10.1. The molecule has 1 rings (SSSR count). The molecule has 0 atom stereocenters. The topological polar surface area (TPSA) is 52.1 Å². The highest BCUT2D eigenvalue weighted by molar-refractivity contribution is 5.90. The Hall–Kier alpha value is -1.45. The van der Waals surface area contributed by atoms with Gasteiger partial charge in [0.15, 0.2) is 0 Å².